The van der Waals surface area contributed by atoms with Gasteiger partial charge >= 0.3 is 132 Å². The number of nitrogens with one attached hydrogen (secondary N) is 1. The first-order valence-corrected chi connectivity index (χ1v) is 7.36. The van der Waals surface area contributed by atoms with Gasteiger partial charge in [-0.3, -0.25) is 0 Å². The van der Waals surface area contributed by atoms with Crippen LogP contribution in [0.2, 0.25) is 0 Å². The number of carbonyl (C=O) groups excluding carboxylic acids is 3. The van der Waals surface area contributed by atoms with Gasteiger partial charge in [0, 0.05) is 0 Å². The molecule has 3 atom stereocenters. The van der Waals surface area contributed by atoms with Gasteiger partial charge in [0.05, 0.1) is 0 Å². The van der Waals surface area contributed by atoms with Gasteiger partial charge in [0.2, 0.25) is 0 Å². The molecule has 1 saturated heterocycles. The third-order valence-corrected chi connectivity index (χ3v) is 4.51. The van der Waals surface area contributed by atoms with Gasteiger partial charge in [-0.2, -0.15) is 0 Å². The number of hydrogen-bond donors (Lipinski definition) is 1. The molecule has 1 aliphatic heterocycles. The normalized spacial score (nSPS) is 27.5. The van der Waals surface area contributed by atoms with Crippen LogP contribution in [0.4, 0.5) is 0 Å². The van der Waals surface area contributed by atoms with Crippen molar-refractivity contribution in [2.45, 2.75) is 38.9 Å². The van der Waals surface area contributed by atoms with Crippen LogP contribution in [0.1, 0.15) is 20.8 Å². The summed E-state index contributed by atoms with van der Waals surface area (Å²) in [6, 6.07) is -0.969. The van der Waals surface area contributed by atoms with Gasteiger partial charge in [0.25, 0.3) is 0 Å². The maximum Gasteiger partial charge on any atom is -1.00 e. The first-order valence-electron chi connectivity index (χ1n) is 6.67. The average molecular weight is 387 g/mol. The van der Waals surface area contributed by atoms with Gasteiger partial charge < -0.3 is 24.8 Å². The topological polar surface area (TPSA) is 69.7 Å². The maximum atomic E-state index is 11.8. The van der Waals surface area contributed by atoms with Crippen LogP contribution in [-0.4, -0.2) is 70.4 Å². The zero-order valence-corrected chi connectivity index (χ0v) is 16.3. The van der Waals surface area contributed by atoms with E-state index >= 15 is 0 Å². The molecule has 0 radical (unpaired) electrons. The molecule has 9 heteroatoms. The molecule has 1 N–H and O–H groups in total. The number of hydrogen-bond acceptors (Lipinski definition) is 6. The van der Waals surface area contributed by atoms with E-state index in [1.165, 1.54) is 13.8 Å². The Morgan fingerprint density at radius 2 is 1.45 bits per heavy atom. The van der Waals surface area contributed by atoms with Crippen molar-refractivity contribution >= 4 is 17.3 Å². The summed E-state index contributed by atoms with van der Waals surface area (Å²) in [5, 5.41) is 3.15. The second-order valence-electron chi connectivity index (χ2n) is 5.42. The standard InChI is InChI=1S/C13H22N3O3.2ClH.Ti/c1-8(17)11-5-14-12(9(2)18)7-16(4)13(6-15-11)10(3)19;;;/h11-14H,5-7H2,1-4H3;2*1H;/q-1;;;+3/p-2. The predicted octanol–water partition coefficient (Wildman–Crippen LogP) is -6.83. The molecule has 1 fully saturated rings. The quantitative estimate of drug-likeness (QED) is 0.486. The molecule has 0 aliphatic carbocycles. The molecule has 0 aromatic rings. The fourth-order valence-corrected chi connectivity index (χ4v) is 3.07. The molecule has 1 rings (SSSR count). The van der Waals surface area contributed by atoms with Crippen molar-refractivity contribution in [2.24, 2.45) is 0 Å². The monoisotopic (exact) mass is 386 g/mol. The van der Waals surface area contributed by atoms with E-state index in [1.54, 1.807) is 6.92 Å². The van der Waals surface area contributed by atoms with Crippen molar-refractivity contribution < 1.29 is 59.9 Å². The maximum absolute atomic E-state index is 11.8. The minimum absolute atomic E-state index is 0. The Kier molecular flexibility index (Phi) is 12.1. The summed E-state index contributed by atoms with van der Waals surface area (Å²) >= 11 is 1.84. The van der Waals surface area contributed by atoms with Gasteiger partial charge in [0.15, 0.2) is 0 Å². The third kappa shape index (κ3) is 6.75. The van der Waals surface area contributed by atoms with E-state index in [2.05, 4.69) is 5.32 Å². The molecule has 0 aromatic heterocycles. The van der Waals surface area contributed by atoms with Crippen molar-refractivity contribution in [3.63, 3.8) is 0 Å². The van der Waals surface area contributed by atoms with Crippen LogP contribution in [0, 0.1) is 0 Å². The summed E-state index contributed by atoms with van der Waals surface area (Å²) in [5.74, 6) is 0.103. The smallest absolute Gasteiger partial charge is 1.00 e. The summed E-state index contributed by atoms with van der Waals surface area (Å²) in [6.07, 6.45) is 0. The molecule has 0 saturated carbocycles. The zero-order valence-electron chi connectivity index (χ0n) is 13.2. The van der Waals surface area contributed by atoms with Gasteiger partial charge in [-0.1, -0.05) is 0 Å². The van der Waals surface area contributed by atoms with Crippen LogP contribution in [0.3, 0.4) is 0 Å². The summed E-state index contributed by atoms with van der Waals surface area (Å²) in [5.41, 5.74) is 0. The Morgan fingerprint density at radius 1 is 0.955 bits per heavy atom. The summed E-state index contributed by atoms with van der Waals surface area (Å²) in [4.78, 5) is 37.2. The molecule has 1 aliphatic rings. The second-order valence-corrected chi connectivity index (χ2v) is 6.31. The molecule has 6 nitrogen and oxygen atoms in total. The molecule has 0 amide bonds. The van der Waals surface area contributed by atoms with E-state index in [0.29, 0.717) is 19.6 Å². The van der Waals surface area contributed by atoms with Crippen LogP contribution in [0.15, 0.2) is 0 Å². The Bertz CT molecular complexity index is 412. The number of nitrogens with zero attached hydrogens (tertiary/aromatic N) is 2. The second kappa shape index (κ2) is 10.9. The van der Waals surface area contributed by atoms with Gasteiger partial charge in [0.1, 0.15) is 0 Å². The summed E-state index contributed by atoms with van der Waals surface area (Å²) in [6.45, 7) is 6.00. The first-order chi connectivity index (χ1) is 9.23. The Labute approximate surface area is 156 Å². The van der Waals surface area contributed by atoms with E-state index in [1.807, 2.05) is 36.0 Å². The fourth-order valence-electron chi connectivity index (χ4n) is 2.37. The average Bonchev–Trinajstić information content (AvgIpc) is 2.38. The summed E-state index contributed by atoms with van der Waals surface area (Å²) in [7, 11) is 1.84. The molecule has 125 valence electrons. The van der Waals surface area contributed by atoms with Crippen LogP contribution >= 0.6 is 0 Å². The van der Waals surface area contributed by atoms with Crippen molar-refractivity contribution in [1.82, 2.24) is 13.6 Å². The van der Waals surface area contributed by atoms with E-state index in [0.717, 1.165) is 0 Å². The minimum Gasteiger partial charge on any atom is -1.00 e. The van der Waals surface area contributed by atoms with Crippen molar-refractivity contribution in [2.75, 3.05) is 26.7 Å². The molecule has 22 heavy (non-hydrogen) atoms. The minimum atomic E-state index is -0.352. The summed E-state index contributed by atoms with van der Waals surface area (Å²) < 4.78 is 1.89. The molecule has 0 bridgehead atoms. The van der Waals surface area contributed by atoms with Crippen molar-refractivity contribution in [1.29, 1.82) is 0 Å². The molecule has 1 heterocycles. The number of likely N-dealkylation sites (N-methyl/N-ethyl adjacent to an activating group) is 1. The fraction of sp³-hybridized carbons (Fsp3) is 0.769. The SMILES string of the molecule is CC(=O)C1CN(C)C(C(C)=O)C[N]([Ti+2])C(C(C)=O)CN1.[Cl-].[Cl-]. The molecule has 0 spiro atoms. The first kappa shape index (κ1) is 24.4. The third-order valence-electron chi connectivity index (χ3n) is 3.74. The van der Waals surface area contributed by atoms with E-state index < -0.39 is 0 Å². The Hall–Kier alpha value is 0.184. The Balaban J connectivity index is 0. The largest absolute Gasteiger partial charge is 1.00 e. The number of carbonyl (C=O) groups is 3. The zero-order chi connectivity index (χ0) is 15.4. The molecular weight excluding hydrogens is 365 g/mol. The predicted molar refractivity (Wildman–Crippen MR) is 70.7 cm³/mol. The number of halogens is 2. The number of ketones is 3. The number of rotatable bonds is 3. The van der Waals surface area contributed by atoms with Gasteiger partial charge in [-0.05, 0) is 0 Å². The van der Waals surface area contributed by atoms with Gasteiger partial charge in [-0.25, -0.2) is 0 Å². The van der Waals surface area contributed by atoms with Crippen molar-refractivity contribution in [3.8, 4) is 0 Å². The van der Waals surface area contributed by atoms with Crippen LogP contribution < -0.4 is 30.1 Å². The van der Waals surface area contributed by atoms with Crippen LogP contribution in [0.5, 0.6) is 0 Å². The Morgan fingerprint density at radius 3 is 1.86 bits per heavy atom. The van der Waals surface area contributed by atoms with Gasteiger partial charge in [-0.15, -0.1) is 0 Å². The van der Waals surface area contributed by atoms with E-state index in [4.69, 9.17) is 0 Å². The van der Waals surface area contributed by atoms with Crippen LogP contribution in [-0.2, 0) is 35.1 Å². The van der Waals surface area contributed by atoms with E-state index in [9.17, 15) is 14.4 Å². The molecule has 3 unspecified atom stereocenters. The molecular formula is C13H22Cl2N3O3Ti. The van der Waals surface area contributed by atoms with Crippen LogP contribution in [0.25, 0.3) is 0 Å². The van der Waals surface area contributed by atoms with Crippen molar-refractivity contribution in [3.05, 3.63) is 0 Å². The van der Waals surface area contributed by atoms with E-state index in [-0.39, 0.29) is 60.3 Å². The molecule has 0 aromatic carbocycles. The number of Topliss-reactive ketones (excluding diaryl/α,β-unsaturated/α-hetero) is 3.